The lowest BCUT2D eigenvalue weighted by Crippen LogP contribution is -2.56. The van der Waals surface area contributed by atoms with Gasteiger partial charge >= 0.3 is 5.97 Å². The highest BCUT2D eigenvalue weighted by Crippen LogP contribution is 2.77. The minimum atomic E-state index is -2.19. The lowest BCUT2D eigenvalue weighted by Gasteiger charge is -2.36. The van der Waals surface area contributed by atoms with Crippen molar-refractivity contribution < 1.29 is 28.7 Å². The first-order valence-electron chi connectivity index (χ1n) is 12.8. The number of thiophene rings is 1. The summed E-state index contributed by atoms with van der Waals surface area (Å²) in [6.45, 7) is -0.804. The average molecular weight is 768 g/mol. The molecule has 4 atom stereocenters. The molecular formula is C29H15Cl7N2O6S. The molecule has 2 bridgehead atoms. The highest BCUT2D eigenvalue weighted by molar-refractivity contribution is 7.12. The maximum Gasteiger partial charge on any atom is 0.353 e. The Balaban J connectivity index is 1.34. The third-order valence-electron chi connectivity index (χ3n) is 7.87. The lowest BCUT2D eigenvalue weighted by atomic mass is 9.84. The molecule has 2 aromatic carbocycles. The molecule has 2 aliphatic carbocycles. The number of halogens is 7. The molecule has 0 radical (unpaired) electrons. The molecule has 0 N–H and O–H groups in total. The van der Waals surface area contributed by atoms with E-state index in [2.05, 4.69) is 0 Å². The molecule has 45 heavy (non-hydrogen) atoms. The van der Waals surface area contributed by atoms with E-state index in [1.54, 1.807) is 23.6 Å². The van der Waals surface area contributed by atoms with Crippen LogP contribution in [0, 0.1) is 11.8 Å². The van der Waals surface area contributed by atoms with Crippen molar-refractivity contribution in [3.05, 3.63) is 97.1 Å². The number of imide groups is 1. The first-order valence-corrected chi connectivity index (χ1v) is 16.3. The van der Waals surface area contributed by atoms with E-state index in [4.69, 9.17) is 85.9 Å². The number of amides is 3. The van der Waals surface area contributed by atoms with Crippen LogP contribution in [0.2, 0.25) is 5.02 Å². The van der Waals surface area contributed by atoms with Crippen LogP contribution in [0.25, 0.3) is 0 Å². The summed E-state index contributed by atoms with van der Waals surface area (Å²) in [7, 11) is 0. The summed E-state index contributed by atoms with van der Waals surface area (Å²) in [5.41, 5.74) is -0.0408. The number of esters is 1. The van der Waals surface area contributed by atoms with E-state index in [0.29, 0.717) is 14.9 Å². The SMILES string of the molecule is O=C(CN(C(=O)c1ccccc1Cl)N1C(=O)[C@@H]2[C@@H](C1=O)[C@@]1(Cl)C(Cl)=C(Cl)[C@@]2(Cl)C1(Cl)Cl)c1ccc(OC(=O)c2cccs2)cc1. The topological polar surface area (TPSA) is 101 Å². The van der Waals surface area contributed by atoms with Crippen molar-refractivity contribution in [3.63, 3.8) is 0 Å². The van der Waals surface area contributed by atoms with Crippen LogP contribution < -0.4 is 4.74 Å². The number of fused-ring (bicyclic) bond motifs is 5. The van der Waals surface area contributed by atoms with Gasteiger partial charge in [0.15, 0.2) is 10.1 Å². The maximum absolute atomic E-state index is 14.0. The second-order valence-electron chi connectivity index (χ2n) is 10.2. The number of hydrazine groups is 1. The Labute approximate surface area is 294 Å². The molecule has 1 saturated carbocycles. The predicted octanol–water partition coefficient (Wildman–Crippen LogP) is 7.31. The smallest absolute Gasteiger partial charge is 0.353 e. The number of ether oxygens (including phenoxy) is 1. The van der Waals surface area contributed by atoms with Crippen molar-refractivity contribution >= 4 is 122 Å². The van der Waals surface area contributed by atoms with Gasteiger partial charge in [-0.1, -0.05) is 76.2 Å². The number of ketones is 1. The Morgan fingerprint density at radius 2 is 1.40 bits per heavy atom. The normalized spacial score (nSPS) is 26.3. The van der Waals surface area contributed by atoms with Crippen molar-refractivity contribution in [2.45, 2.75) is 14.1 Å². The van der Waals surface area contributed by atoms with Gasteiger partial charge in [-0.2, -0.15) is 5.01 Å². The number of benzene rings is 2. The summed E-state index contributed by atoms with van der Waals surface area (Å²) in [5.74, 6) is -7.19. The molecule has 1 aliphatic heterocycles. The second-order valence-corrected chi connectivity index (χ2v) is 14.9. The first-order chi connectivity index (χ1) is 21.2. The number of nitrogens with zero attached hydrogens (tertiary/aromatic N) is 2. The Bertz CT molecular complexity index is 1790. The van der Waals surface area contributed by atoms with Crippen LogP contribution in [0.1, 0.15) is 30.4 Å². The molecule has 1 aromatic heterocycles. The molecule has 3 aliphatic rings. The lowest BCUT2D eigenvalue weighted by molar-refractivity contribution is -0.154. The van der Waals surface area contributed by atoms with Crippen LogP contribution in [-0.4, -0.2) is 60.1 Å². The Morgan fingerprint density at radius 1 is 0.822 bits per heavy atom. The van der Waals surface area contributed by atoms with E-state index in [-0.39, 0.29) is 32.0 Å². The molecule has 6 rings (SSSR count). The molecule has 2 heterocycles. The highest BCUT2D eigenvalue weighted by atomic mass is 35.5. The van der Waals surface area contributed by atoms with Gasteiger partial charge in [-0.3, -0.25) is 19.2 Å². The summed E-state index contributed by atoms with van der Waals surface area (Å²) in [5, 5.41) is 2.25. The number of rotatable bonds is 7. The van der Waals surface area contributed by atoms with E-state index in [1.807, 2.05) is 0 Å². The van der Waals surface area contributed by atoms with E-state index in [0.717, 1.165) is 0 Å². The van der Waals surface area contributed by atoms with Crippen molar-refractivity contribution in [1.82, 2.24) is 10.0 Å². The second kappa shape index (κ2) is 11.4. The molecular weight excluding hydrogens is 753 g/mol. The predicted molar refractivity (Wildman–Crippen MR) is 172 cm³/mol. The van der Waals surface area contributed by atoms with Crippen LogP contribution in [0.15, 0.2) is 76.1 Å². The van der Waals surface area contributed by atoms with E-state index < -0.39 is 61.9 Å². The molecule has 1 saturated heterocycles. The largest absolute Gasteiger partial charge is 0.422 e. The standard InChI is InChI=1S/C29H15Cl7N2O6S/c30-16-5-2-1-4-15(16)23(40)37(12-17(39)13-7-9-14(10-8-13)44-26(43)18-6-3-11-45-18)38-24(41)19-20(25(38)42)28(34)22(32)21(31)27(19,33)29(28,35)36/h1-11,19-20H,12H2/t19-,20-,27+,28+/m0/s1. The van der Waals surface area contributed by atoms with Gasteiger partial charge in [-0.15, -0.1) is 34.5 Å². The van der Waals surface area contributed by atoms with Crippen LogP contribution in [-0.2, 0) is 9.59 Å². The van der Waals surface area contributed by atoms with Gasteiger partial charge in [0.05, 0.1) is 32.5 Å². The third-order valence-corrected chi connectivity index (χ3v) is 13.3. The zero-order chi connectivity index (χ0) is 32.6. The van der Waals surface area contributed by atoms with Crippen molar-refractivity contribution in [2.75, 3.05) is 6.54 Å². The molecule has 16 heteroatoms. The van der Waals surface area contributed by atoms with Gasteiger partial charge in [0.1, 0.15) is 26.9 Å². The fourth-order valence-electron chi connectivity index (χ4n) is 5.71. The van der Waals surface area contributed by atoms with E-state index in [1.165, 1.54) is 53.8 Å². The third kappa shape index (κ3) is 4.58. The number of hydrogen-bond donors (Lipinski definition) is 0. The van der Waals surface area contributed by atoms with Gasteiger partial charge in [0.2, 0.25) is 0 Å². The van der Waals surface area contributed by atoms with Gasteiger partial charge in [-0.25, -0.2) is 9.80 Å². The van der Waals surface area contributed by atoms with Gasteiger partial charge in [0, 0.05) is 5.56 Å². The summed E-state index contributed by atoms with van der Waals surface area (Å²) in [6, 6.07) is 14.7. The monoisotopic (exact) mass is 764 g/mol. The Kier molecular flexibility index (Phi) is 8.27. The quantitative estimate of drug-likeness (QED) is 0.0823. The van der Waals surface area contributed by atoms with Gasteiger partial charge in [0.25, 0.3) is 17.7 Å². The van der Waals surface area contributed by atoms with Crippen LogP contribution in [0.5, 0.6) is 5.75 Å². The number of allylic oxidation sites excluding steroid dienone is 2. The van der Waals surface area contributed by atoms with Gasteiger partial charge in [-0.05, 0) is 47.8 Å². The van der Waals surface area contributed by atoms with E-state index >= 15 is 0 Å². The van der Waals surface area contributed by atoms with Crippen molar-refractivity contribution in [2.24, 2.45) is 11.8 Å². The van der Waals surface area contributed by atoms with Crippen LogP contribution >= 0.6 is 92.5 Å². The number of alkyl halides is 4. The number of carbonyl (C=O) groups is 5. The fourth-order valence-corrected chi connectivity index (χ4v) is 9.46. The van der Waals surface area contributed by atoms with E-state index in [9.17, 15) is 24.0 Å². The number of Topliss-reactive ketones (excluding diaryl/α,β-unsaturated/α-hetero) is 1. The summed E-state index contributed by atoms with van der Waals surface area (Å²) < 4.78 is 3.14. The summed E-state index contributed by atoms with van der Waals surface area (Å²) in [4.78, 5) is 64.0. The zero-order valence-corrected chi connectivity index (χ0v) is 28.2. The molecule has 8 nitrogen and oxygen atoms in total. The summed E-state index contributed by atoms with van der Waals surface area (Å²) >= 11 is 47.0. The molecule has 232 valence electrons. The molecule has 2 fully saturated rings. The maximum atomic E-state index is 14.0. The molecule has 0 spiro atoms. The van der Waals surface area contributed by atoms with Gasteiger partial charge < -0.3 is 4.74 Å². The Hall–Kier alpha value is -2.34. The zero-order valence-electron chi connectivity index (χ0n) is 22.1. The van der Waals surface area contributed by atoms with Crippen LogP contribution in [0.3, 0.4) is 0 Å². The number of carbonyl (C=O) groups excluding carboxylic acids is 5. The molecule has 3 aromatic rings. The molecule has 0 unspecified atom stereocenters. The summed E-state index contributed by atoms with van der Waals surface area (Å²) in [6.07, 6.45) is 0. The fraction of sp³-hybridized carbons (Fsp3) is 0.207. The Morgan fingerprint density at radius 3 is 1.93 bits per heavy atom. The minimum Gasteiger partial charge on any atom is -0.422 e. The van der Waals surface area contributed by atoms with Crippen molar-refractivity contribution in [3.8, 4) is 5.75 Å². The van der Waals surface area contributed by atoms with Crippen molar-refractivity contribution in [1.29, 1.82) is 0 Å². The average Bonchev–Trinajstić information content (AvgIpc) is 3.70. The van der Waals surface area contributed by atoms with Crippen LogP contribution in [0.4, 0.5) is 0 Å². The minimum absolute atomic E-state index is 0.00728. The number of hydrogen-bond acceptors (Lipinski definition) is 7. The highest BCUT2D eigenvalue weighted by Gasteiger charge is 2.88. The first kappa shape index (κ1) is 32.6. The molecule has 3 amide bonds.